The van der Waals surface area contributed by atoms with E-state index in [0.717, 1.165) is 0 Å². The number of carbonyl (C=O) groups is 4. The van der Waals surface area contributed by atoms with Crippen LogP contribution in [0, 0.1) is 10.8 Å². The Morgan fingerprint density at radius 2 is 1.71 bits per heavy atom. The number of aliphatic hydroxyl groups excluding tert-OH is 1. The fraction of sp³-hybridized carbons (Fsp3) is 0.800. The normalized spacial score (nSPS) is 14.8. The molecule has 10 nitrogen and oxygen atoms in total. The van der Waals surface area contributed by atoms with Gasteiger partial charge in [-0.2, -0.15) is 0 Å². The van der Waals surface area contributed by atoms with Gasteiger partial charge >= 0.3 is 17.9 Å². The van der Waals surface area contributed by atoms with Gasteiger partial charge in [-0.15, -0.1) is 0 Å². The number of nitrogens with zero attached hydrogens (tertiary/aromatic N) is 1. The highest BCUT2D eigenvalue weighted by Gasteiger charge is 2.45. The molecule has 0 heterocycles. The first-order valence-corrected chi connectivity index (χ1v) is 10.8. The van der Waals surface area contributed by atoms with Gasteiger partial charge in [-0.1, -0.05) is 15.9 Å². The number of amides is 1. The summed E-state index contributed by atoms with van der Waals surface area (Å²) in [4.78, 5) is 47.7. The van der Waals surface area contributed by atoms with Crippen LogP contribution >= 0.6 is 15.9 Å². The number of rotatable bonds is 14. The number of aliphatic hydroxyl groups is 1. The second kappa shape index (κ2) is 12.4. The topological polar surface area (TPSA) is 139 Å². The fourth-order valence-corrected chi connectivity index (χ4v) is 4.21. The molecule has 0 aliphatic heterocycles. The molecule has 0 saturated heterocycles. The van der Waals surface area contributed by atoms with Crippen LogP contribution < -0.4 is 5.32 Å². The maximum atomic E-state index is 13.0. The van der Waals surface area contributed by atoms with Crippen molar-refractivity contribution in [1.29, 1.82) is 0 Å². The summed E-state index contributed by atoms with van der Waals surface area (Å²) in [7, 11) is 4.68. The van der Waals surface area contributed by atoms with Crippen molar-refractivity contribution in [2.24, 2.45) is 10.8 Å². The monoisotopic (exact) mass is 511 g/mol. The van der Waals surface area contributed by atoms with Crippen LogP contribution in [0.2, 0.25) is 0 Å². The molecule has 0 aromatic heterocycles. The highest BCUT2D eigenvalue weighted by Crippen LogP contribution is 2.40. The molecule has 0 aliphatic carbocycles. The molecule has 11 heteroatoms. The number of ether oxygens (including phenoxy) is 2. The first-order chi connectivity index (χ1) is 14.1. The summed E-state index contributed by atoms with van der Waals surface area (Å²) >= 11 is 3.28. The molecule has 0 aliphatic rings. The van der Waals surface area contributed by atoms with Gasteiger partial charge in [0, 0.05) is 6.54 Å². The van der Waals surface area contributed by atoms with Crippen LogP contribution in [0.3, 0.4) is 0 Å². The summed E-state index contributed by atoms with van der Waals surface area (Å²) in [5, 5.41) is 20.4. The van der Waals surface area contributed by atoms with Gasteiger partial charge in [0.1, 0.15) is 13.2 Å². The smallest absolute Gasteiger partial charge is 0.359 e. The predicted molar refractivity (Wildman–Crippen MR) is 116 cm³/mol. The average Bonchev–Trinajstić information content (AvgIpc) is 2.63. The molecule has 3 N–H and O–H groups in total. The van der Waals surface area contributed by atoms with Gasteiger partial charge in [0.05, 0.1) is 43.5 Å². The number of halogens is 1. The van der Waals surface area contributed by atoms with Gasteiger partial charge in [0.25, 0.3) is 0 Å². The number of carboxylic acids is 1. The van der Waals surface area contributed by atoms with Crippen molar-refractivity contribution in [3.05, 3.63) is 0 Å². The molecule has 180 valence electrons. The van der Waals surface area contributed by atoms with E-state index in [-0.39, 0.29) is 50.2 Å². The summed E-state index contributed by atoms with van der Waals surface area (Å²) < 4.78 is 10.4. The van der Waals surface area contributed by atoms with Gasteiger partial charge in [0.2, 0.25) is 5.91 Å². The van der Waals surface area contributed by atoms with E-state index in [9.17, 15) is 19.2 Å². The number of alkyl halides is 1. The number of carbonyl (C=O) groups excluding carboxylic acids is 3. The Labute approximate surface area is 192 Å². The minimum absolute atomic E-state index is 0.0168. The van der Waals surface area contributed by atoms with Gasteiger partial charge in [-0.25, -0.2) is 4.79 Å². The Morgan fingerprint density at radius 3 is 2.19 bits per heavy atom. The minimum Gasteiger partial charge on any atom is -0.477 e. The second-order valence-electron chi connectivity index (χ2n) is 9.15. The summed E-state index contributed by atoms with van der Waals surface area (Å²) in [6.45, 7) is 4.90. The lowest BCUT2D eigenvalue weighted by Crippen LogP contribution is -2.47. The zero-order valence-electron chi connectivity index (χ0n) is 19.2. The molecule has 0 rings (SSSR count). The third-order valence-electron chi connectivity index (χ3n) is 4.88. The van der Waals surface area contributed by atoms with Crippen LogP contribution in [0.5, 0.6) is 0 Å². The Balaban J connectivity index is 5.45. The van der Waals surface area contributed by atoms with Gasteiger partial charge < -0.3 is 29.5 Å². The van der Waals surface area contributed by atoms with E-state index in [1.807, 2.05) is 0 Å². The summed E-state index contributed by atoms with van der Waals surface area (Å²) in [5.74, 6) is -2.46. The Morgan fingerprint density at radius 1 is 1.13 bits per heavy atom. The average molecular weight is 512 g/mol. The second-order valence-corrected chi connectivity index (χ2v) is 10.3. The van der Waals surface area contributed by atoms with Gasteiger partial charge in [-0.3, -0.25) is 14.4 Å². The molecular formula is C20H36BrN2O8+. The maximum absolute atomic E-state index is 13.0. The quantitative estimate of drug-likeness (QED) is 0.174. The third kappa shape index (κ3) is 10.4. The summed E-state index contributed by atoms with van der Waals surface area (Å²) in [6.07, 6.45) is 0.102. The van der Waals surface area contributed by atoms with Crippen LogP contribution in [-0.2, 0) is 28.7 Å². The van der Waals surface area contributed by atoms with E-state index < -0.39 is 39.5 Å². The number of hydrogen-bond donors (Lipinski definition) is 3. The largest absolute Gasteiger partial charge is 0.477 e. The van der Waals surface area contributed by atoms with E-state index in [0.29, 0.717) is 0 Å². The Kier molecular flexibility index (Phi) is 11.7. The van der Waals surface area contributed by atoms with Crippen molar-refractivity contribution in [3.8, 4) is 0 Å². The first kappa shape index (κ1) is 29.3. The first-order valence-electron chi connectivity index (χ1n) is 9.92. The van der Waals surface area contributed by atoms with E-state index >= 15 is 0 Å². The molecule has 2 unspecified atom stereocenters. The van der Waals surface area contributed by atoms with E-state index in [4.69, 9.17) is 19.7 Å². The molecule has 0 saturated carbocycles. The van der Waals surface area contributed by atoms with E-state index in [2.05, 4.69) is 21.2 Å². The molecule has 1 amide bonds. The molecular weight excluding hydrogens is 476 g/mol. The standard InChI is InChI=1S/C20H35BrN2O8/c1-19(2,17(28)30-6)13-20(3,11-14(21)16(27)22-7-9-24)18(29)31-10-8-23(4,5)12-15(25)26/h14,24H,7-13H2,1-6H3,(H-,22,25,26,27)/p+1. The van der Waals surface area contributed by atoms with Crippen LogP contribution in [0.1, 0.15) is 33.6 Å². The SMILES string of the molecule is COC(=O)C(C)(C)CC(C)(CC(Br)C(=O)NCCO)C(=O)OCC[N+](C)(C)CC(=O)O. The Hall–Kier alpha value is -1.72. The van der Waals surface area contributed by atoms with E-state index in [1.165, 1.54) is 7.11 Å². The van der Waals surface area contributed by atoms with Gasteiger partial charge in [-0.05, 0) is 33.6 Å². The maximum Gasteiger partial charge on any atom is 0.359 e. The molecule has 0 radical (unpaired) electrons. The predicted octanol–water partition coefficient (Wildman–Crippen LogP) is 0.548. The molecule has 2 atom stereocenters. The third-order valence-corrected chi connectivity index (χ3v) is 5.62. The number of esters is 2. The number of quaternary nitrogens is 1. The number of carboxylic acid groups (broad SMARTS) is 1. The fourth-order valence-electron chi connectivity index (χ4n) is 3.33. The number of hydrogen-bond acceptors (Lipinski definition) is 7. The van der Waals surface area contributed by atoms with Crippen LogP contribution in [0.15, 0.2) is 0 Å². The zero-order chi connectivity index (χ0) is 24.5. The highest BCUT2D eigenvalue weighted by molar-refractivity contribution is 9.10. The summed E-state index contributed by atoms with van der Waals surface area (Å²) in [6, 6.07) is 0. The molecule has 0 bridgehead atoms. The number of nitrogens with one attached hydrogen (secondary N) is 1. The molecule has 0 aromatic rings. The Bertz CT molecular complexity index is 653. The zero-order valence-corrected chi connectivity index (χ0v) is 20.8. The van der Waals surface area contributed by atoms with Crippen molar-refractivity contribution in [1.82, 2.24) is 5.32 Å². The molecule has 0 spiro atoms. The summed E-state index contributed by atoms with van der Waals surface area (Å²) in [5.41, 5.74) is -2.23. The lowest BCUT2D eigenvalue weighted by atomic mass is 9.71. The van der Waals surface area contributed by atoms with E-state index in [1.54, 1.807) is 34.9 Å². The number of aliphatic carboxylic acids is 1. The van der Waals surface area contributed by atoms with Crippen LogP contribution in [0.25, 0.3) is 0 Å². The lowest BCUT2D eigenvalue weighted by Gasteiger charge is -2.35. The van der Waals surface area contributed by atoms with Crippen LogP contribution in [-0.4, -0.2) is 97.4 Å². The van der Waals surface area contributed by atoms with Crippen molar-refractivity contribution >= 4 is 39.7 Å². The molecule has 31 heavy (non-hydrogen) atoms. The van der Waals surface area contributed by atoms with Crippen LogP contribution in [0.4, 0.5) is 0 Å². The number of likely N-dealkylation sites (N-methyl/N-ethyl adjacent to an activating group) is 1. The lowest BCUT2D eigenvalue weighted by molar-refractivity contribution is -0.883. The highest BCUT2D eigenvalue weighted by atomic mass is 79.9. The van der Waals surface area contributed by atoms with Crippen molar-refractivity contribution < 1.29 is 43.3 Å². The number of methoxy groups -OCH3 is 1. The minimum atomic E-state index is -1.22. The molecule has 0 fully saturated rings. The van der Waals surface area contributed by atoms with Crippen molar-refractivity contribution in [2.45, 2.75) is 38.4 Å². The van der Waals surface area contributed by atoms with Crippen molar-refractivity contribution in [3.63, 3.8) is 0 Å². The molecule has 0 aromatic carbocycles. The van der Waals surface area contributed by atoms with Gasteiger partial charge in [0.15, 0.2) is 6.54 Å². The van der Waals surface area contributed by atoms with Crippen molar-refractivity contribution in [2.75, 3.05) is 54.1 Å².